The lowest BCUT2D eigenvalue weighted by Crippen LogP contribution is -2.40. The Bertz CT molecular complexity index is 952. The highest BCUT2D eigenvalue weighted by atomic mass is 16.5. The zero-order chi connectivity index (χ0) is 24.3. The van der Waals surface area contributed by atoms with E-state index in [1.165, 1.54) is 35.5 Å². The summed E-state index contributed by atoms with van der Waals surface area (Å²) in [5, 5.41) is 0. The zero-order valence-electron chi connectivity index (χ0n) is 19.6. The molecule has 0 heterocycles. The van der Waals surface area contributed by atoms with Gasteiger partial charge in [-0.05, 0) is 36.1 Å². The van der Waals surface area contributed by atoms with E-state index in [1.54, 1.807) is 30.4 Å². The van der Waals surface area contributed by atoms with Crippen molar-refractivity contribution >= 4 is 24.1 Å². The Morgan fingerprint density at radius 1 is 0.727 bits per heavy atom. The van der Waals surface area contributed by atoms with Gasteiger partial charge in [-0.15, -0.1) is 0 Å². The third kappa shape index (κ3) is 6.16. The quantitative estimate of drug-likeness (QED) is 0.364. The molecular weight excluding hydrogens is 424 g/mol. The van der Waals surface area contributed by atoms with Crippen molar-refractivity contribution in [3.05, 3.63) is 65.7 Å². The van der Waals surface area contributed by atoms with Crippen molar-refractivity contribution in [2.45, 2.75) is 12.8 Å². The summed E-state index contributed by atoms with van der Waals surface area (Å²) in [7, 11) is 7.10. The highest BCUT2D eigenvalue weighted by Crippen LogP contribution is 2.39. The fourth-order valence-corrected chi connectivity index (χ4v) is 3.44. The fraction of sp³-hybridized carbons (Fsp3) is 0.308. The number of carbonyl (C=O) groups is 2. The lowest BCUT2D eigenvalue weighted by Gasteiger charge is -2.25. The molecule has 0 aliphatic carbocycles. The molecule has 0 aliphatic heterocycles. The van der Waals surface area contributed by atoms with Crippen LogP contribution in [-0.2, 0) is 19.1 Å². The first-order valence-electron chi connectivity index (χ1n) is 10.3. The summed E-state index contributed by atoms with van der Waals surface area (Å²) >= 11 is 0. The maximum Gasteiger partial charge on any atom is 0.323 e. The molecule has 7 nitrogen and oxygen atoms in total. The Morgan fingerprint density at radius 3 is 1.64 bits per heavy atom. The number of hydrogen-bond acceptors (Lipinski definition) is 7. The van der Waals surface area contributed by atoms with E-state index in [0.717, 1.165) is 11.1 Å². The molecule has 0 atom stereocenters. The van der Waals surface area contributed by atoms with Crippen LogP contribution in [0.3, 0.4) is 0 Å². The molecule has 0 spiro atoms. The van der Waals surface area contributed by atoms with Gasteiger partial charge in [0.1, 0.15) is 0 Å². The van der Waals surface area contributed by atoms with Crippen molar-refractivity contribution in [2.24, 2.45) is 5.41 Å². The number of ether oxygens (including phenoxy) is 5. The highest BCUT2D eigenvalue weighted by molar-refractivity contribution is 6.00. The highest BCUT2D eigenvalue weighted by Gasteiger charge is 2.46. The molecule has 2 rings (SSSR count). The second kappa shape index (κ2) is 12.3. The molecule has 0 amide bonds. The summed E-state index contributed by atoms with van der Waals surface area (Å²) in [6, 6.07) is 13.1. The largest absolute Gasteiger partial charge is 0.493 e. The number of carbonyl (C=O) groups excluding carboxylic acids is 2. The third-order valence-corrected chi connectivity index (χ3v) is 5.19. The van der Waals surface area contributed by atoms with E-state index < -0.39 is 17.4 Å². The summed E-state index contributed by atoms with van der Waals surface area (Å²) in [5.41, 5.74) is 0.174. The summed E-state index contributed by atoms with van der Waals surface area (Å²) < 4.78 is 26.1. The lowest BCUT2D eigenvalue weighted by molar-refractivity contribution is -0.168. The normalized spacial score (nSPS) is 11.4. The number of rotatable bonds is 11. The molecule has 0 aliphatic rings. The lowest BCUT2D eigenvalue weighted by atomic mass is 9.80. The third-order valence-electron chi connectivity index (χ3n) is 5.19. The minimum absolute atomic E-state index is 0.0716. The second-order valence-corrected chi connectivity index (χ2v) is 7.15. The van der Waals surface area contributed by atoms with Crippen LogP contribution >= 0.6 is 0 Å². The van der Waals surface area contributed by atoms with E-state index in [9.17, 15) is 9.59 Å². The van der Waals surface area contributed by atoms with Gasteiger partial charge in [-0.1, -0.05) is 54.6 Å². The molecule has 0 bridgehead atoms. The maximum atomic E-state index is 12.8. The SMILES string of the molecule is COC(=O)C(C/C=C/c1ccccc1)(C/C=C/c1cc(OC)c(OC)c(OC)c1)C(=O)OC. The Labute approximate surface area is 194 Å². The van der Waals surface area contributed by atoms with Gasteiger partial charge >= 0.3 is 11.9 Å². The van der Waals surface area contributed by atoms with Crippen molar-refractivity contribution in [3.63, 3.8) is 0 Å². The zero-order valence-corrected chi connectivity index (χ0v) is 19.6. The van der Waals surface area contributed by atoms with Crippen LogP contribution in [-0.4, -0.2) is 47.5 Å². The fourth-order valence-electron chi connectivity index (χ4n) is 3.44. The van der Waals surface area contributed by atoms with Crippen molar-refractivity contribution in [1.82, 2.24) is 0 Å². The molecule has 33 heavy (non-hydrogen) atoms. The van der Waals surface area contributed by atoms with Gasteiger partial charge in [-0.2, -0.15) is 0 Å². The van der Waals surface area contributed by atoms with Crippen molar-refractivity contribution in [1.29, 1.82) is 0 Å². The Morgan fingerprint density at radius 2 is 1.21 bits per heavy atom. The summed E-state index contributed by atoms with van der Waals surface area (Å²) in [6.07, 6.45) is 7.31. The molecule has 0 saturated carbocycles. The molecule has 0 aromatic heterocycles. The number of benzene rings is 2. The van der Waals surface area contributed by atoms with Gasteiger partial charge < -0.3 is 23.7 Å². The summed E-state index contributed by atoms with van der Waals surface area (Å²) in [4.78, 5) is 25.5. The second-order valence-electron chi connectivity index (χ2n) is 7.15. The van der Waals surface area contributed by atoms with E-state index in [4.69, 9.17) is 23.7 Å². The number of allylic oxidation sites excluding steroid dienone is 2. The number of esters is 2. The minimum Gasteiger partial charge on any atom is -0.493 e. The number of hydrogen-bond donors (Lipinski definition) is 0. The number of methoxy groups -OCH3 is 5. The van der Waals surface area contributed by atoms with Gasteiger partial charge in [0.05, 0.1) is 35.5 Å². The van der Waals surface area contributed by atoms with E-state index >= 15 is 0 Å². The molecule has 0 fully saturated rings. The van der Waals surface area contributed by atoms with Crippen LogP contribution in [0.25, 0.3) is 12.2 Å². The van der Waals surface area contributed by atoms with Crippen molar-refractivity contribution in [2.75, 3.05) is 35.5 Å². The molecular formula is C26H30O7. The standard InChI is InChI=1S/C26H30O7/c1-29-21-17-20(18-22(30-2)23(21)31-3)14-10-16-26(24(27)32-4,25(28)33-5)15-9-13-19-11-7-6-8-12-19/h6-14,17-18H,15-16H2,1-5H3/b13-9+,14-10+. The first-order valence-corrected chi connectivity index (χ1v) is 10.3. The minimum atomic E-state index is -1.52. The van der Waals surface area contributed by atoms with Crippen LogP contribution in [0, 0.1) is 5.41 Å². The first kappa shape index (κ1) is 25.5. The van der Waals surface area contributed by atoms with E-state index in [2.05, 4.69) is 0 Å². The van der Waals surface area contributed by atoms with E-state index in [1.807, 2.05) is 36.4 Å². The van der Waals surface area contributed by atoms with Gasteiger partial charge in [0, 0.05) is 0 Å². The molecule has 0 unspecified atom stereocenters. The van der Waals surface area contributed by atoms with Crippen molar-refractivity contribution < 1.29 is 33.3 Å². The van der Waals surface area contributed by atoms with Crippen LogP contribution in [0.15, 0.2) is 54.6 Å². The molecule has 2 aromatic rings. The van der Waals surface area contributed by atoms with Gasteiger partial charge in [-0.3, -0.25) is 9.59 Å². The Balaban J connectivity index is 2.36. The molecule has 0 saturated heterocycles. The van der Waals surface area contributed by atoms with Crippen LogP contribution < -0.4 is 14.2 Å². The maximum absolute atomic E-state index is 12.8. The molecule has 0 radical (unpaired) electrons. The van der Waals surface area contributed by atoms with Crippen LogP contribution in [0.1, 0.15) is 24.0 Å². The van der Waals surface area contributed by atoms with Crippen LogP contribution in [0.4, 0.5) is 0 Å². The van der Waals surface area contributed by atoms with Gasteiger partial charge in [0.25, 0.3) is 0 Å². The molecule has 0 N–H and O–H groups in total. The average molecular weight is 455 g/mol. The predicted molar refractivity (Wildman–Crippen MR) is 126 cm³/mol. The smallest absolute Gasteiger partial charge is 0.323 e. The van der Waals surface area contributed by atoms with Crippen LogP contribution in [0.2, 0.25) is 0 Å². The van der Waals surface area contributed by atoms with Gasteiger partial charge in [0.15, 0.2) is 16.9 Å². The topological polar surface area (TPSA) is 80.3 Å². The van der Waals surface area contributed by atoms with Crippen LogP contribution in [0.5, 0.6) is 17.2 Å². The van der Waals surface area contributed by atoms with Gasteiger partial charge in [0.2, 0.25) is 5.75 Å². The molecule has 7 heteroatoms. The van der Waals surface area contributed by atoms with Crippen molar-refractivity contribution in [3.8, 4) is 17.2 Å². The average Bonchev–Trinajstić information content (AvgIpc) is 2.86. The Hall–Kier alpha value is -3.74. The van der Waals surface area contributed by atoms with E-state index in [0.29, 0.717) is 17.2 Å². The first-order chi connectivity index (χ1) is 15.9. The molecule has 176 valence electrons. The van der Waals surface area contributed by atoms with Gasteiger partial charge in [-0.25, -0.2) is 0 Å². The molecule has 2 aromatic carbocycles. The predicted octanol–water partition coefficient (Wildman–Crippen LogP) is 4.55. The monoisotopic (exact) mass is 454 g/mol. The Kier molecular flexibility index (Phi) is 9.54. The summed E-state index contributed by atoms with van der Waals surface area (Å²) in [6.45, 7) is 0. The summed E-state index contributed by atoms with van der Waals surface area (Å²) in [5.74, 6) is 0.133. The van der Waals surface area contributed by atoms with E-state index in [-0.39, 0.29) is 12.8 Å².